The van der Waals surface area contributed by atoms with E-state index >= 15 is 0 Å². The molecule has 2 heterocycles. The summed E-state index contributed by atoms with van der Waals surface area (Å²) >= 11 is 1.64. The lowest BCUT2D eigenvalue weighted by Crippen LogP contribution is -2.04. The number of aromatic nitrogens is 2. The molecule has 0 aromatic carbocycles. The summed E-state index contributed by atoms with van der Waals surface area (Å²) in [4.78, 5) is 9.58. The molecule has 0 amide bonds. The largest absolute Gasteiger partial charge is 0.493 e. The van der Waals surface area contributed by atoms with E-state index in [1.54, 1.807) is 17.5 Å². The van der Waals surface area contributed by atoms with Crippen molar-refractivity contribution in [3.05, 3.63) is 39.6 Å². The van der Waals surface area contributed by atoms with Crippen molar-refractivity contribution < 1.29 is 9.84 Å². The van der Waals surface area contributed by atoms with Crippen LogP contribution in [0.15, 0.2) is 17.8 Å². The van der Waals surface area contributed by atoms with Gasteiger partial charge < -0.3 is 9.84 Å². The second-order valence-corrected chi connectivity index (χ2v) is 4.99. The van der Waals surface area contributed by atoms with Crippen LogP contribution in [0.4, 0.5) is 0 Å². The first kappa shape index (κ1) is 13.0. The molecule has 4 nitrogen and oxygen atoms in total. The zero-order valence-corrected chi connectivity index (χ0v) is 11.3. The Hall–Kier alpha value is -1.46. The summed E-state index contributed by atoms with van der Waals surface area (Å²) in [6, 6.07) is 1.85. The number of thiazole rings is 1. The van der Waals surface area contributed by atoms with Gasteiger partial charge in [0.15, 0.2) is 0 Å². The minimum Gasteiger partial charge on any atom is -0.493 e. The number of aliphatic hydroxyl groups excluding tert-OH is 1. The lowest BCUT2D eigenvalue weighted by Gasteiger charge is -2.10. The Balaban J connectivity index is 1.98. The van der Waals surface area contributed by atoms with Crippen LogP contribution in [0.3, 0.4) is 0 Å². The van der Waals surface area contributed by atoms with Crippen LogP contribution in [0.25, 0.3) is 0 Å². The Kier molecular flexibility index (Phi) is 4.28. The molecular weight excluding hydrogens is 248 g/mol. The molecule has 0 bridgehead atoms. The number of nitrogens with zero attached hydrogens (tertiary/aromatic N) is 2. The molecule has 2 rings (SSSR count). The highest BCUT2D eigenvalue weighted by molar-refractivity contribution is 7.09. The van der Waals surface area contributed by atoms with Gasteiger partial charge in [-0.2, -0.15) is 0 Å². The highest BCUT2D eigenvalue weighted by atomic mass is 32.1. The summed E-state index contributed by atoms with van der Waals surface area (Å²) in [6.45, 7) is 4.44. The maximum atomic E-state index is 9.21. The van der Waals surface area contributed by atoms with Crippen molar-refractivity contribution in [2.45, 2.75) is 26.9 Å². The van der Waals surface area contributed by atoms with E-state index < -0.39 is 0 Å². The first-order valence-electron chi connectivity index (χ1n) is 5.79. The number of hydrogen-bond acceptors (Lipinski definition) is 5. The molecule has 0 aliphatic rings. The van der Waals surface area contributed by atoms with Crippen LogP contribution in [0.5, 0.6) is 5.75 Å². The van der Waals surface area contributed by atoms with E-state index in [1.165, 1.54) is 4.88 Å². The van der Waals surface area contributed by atoms with E-state index in [4.69, 9.17) is 4.74 Å². The average molecular weight is 264 g/mol. The van der Waals surface area contributed by atoms with E-state index in [2.05, 4.69) is 9.97 Å². The van der Waals surface area contributed by atoms with Gasteiger partial charge in [0.25, 0.3) is 0 Å². The predicted octanol–water partition coefficient (Wildman–Crippen LogP) is 2.27. The van der Waals surface area contributed by atoms with Crippen molar-refractivity contribution in [1.29, 1.82) is 0 Å². The predicted molar refractivity (Wildman–Crippen MR) is 70.9 cm³/mol. The molecule has 0 atom stereocenters. The molecular formula is C13H16N2O2S. The van der Waals surface area contributed by atoms with Crippen LogP contribution in [0.2, 0.25) is 0 Å². The topological polar surface area (TPSA) is 55.2 Å². The Morgan fingerprint density at radius 1 is 1.33 bits per heavy atom. The number of pyridine rings is 1. The summed E-state index contributed by atoms with van der Waals surface area (Å²) in [5.41, 5.74) is 4.52. The molecule has 1 N–H and O–H groups in total. The second kappa shape index (κ2) is 5.93. The van der Waals surface area contributed by atoms with Gasteiger partial charge >= 0.3 is 0 Å². The standard InChI is InChI=1S/C13H16N2O2S/c1-9-5-12(11(7-16)6-14-9)17-4-3-13-10(2)15-8-18-13/h5-6,8,16H,3-4,7H2,1-2H3. The second-order valence-electron chi connectivity index (χ2n) is 4.05. The van der Waals surface area contributed by atoms with Gasteiger partial charge in [-0.25, -0.2) is 4.98 Å². The van der Waals surface area contributed by atoms with Crippen molar-refractivity contribution in [3.8, 4) is 5.75 Å². The molecule has 2 aromatic rings. The SMILES string of the molecule is Cc1cc(OCCc2scnc2C)c(CO)cn1. The number of aryl methyl sites for hydroxylation is 2. The summed E-state index contributed by atoms with van der Waals surface area (Å²) in [5, 5.41) is 9.21. The molecule has 5 heteroatoms. The van der Waals surface area contributed by atoms with Gasteiger partial charge in [0.05, 0.1) is 24.4 Å². The molecule has 0 unspecified atom stereocenters. The van der Waals surface area contributed by atoms with Crippen molar-refractivity contribution in [3.63, 3.8) is 0 Å². The summed E-state index contributed by atoms with van der Waals surface area (Å²) in [5.74, 6) is 0.715. The summed E-state index contributed by atoms with van der Waals surface area (Å²) in [6.07, 6.45) is 2.49. The van der Waals surface area contributed by atoms with Gasteiger partial charge in [-0.1, -0.05) is 0 Å². The molecule has 18 heavy (non-hydrogen) atoms. The Bertz CT molecular complexity index is 525. The van der Waals surface area contributed by atoms with Crippen LogP contribution in [0, 0.1) is 13.8 Å². The summed E-state index contributed by atoms with van der Waals surface area (Å²) < 4.78 is 5.72. The van der Waals surface area contributed by atoms with Gasteiger partial charge in [0.1, 0.15) is 5.75 Å². The normalized spacial score (nSPS) is 10.6. The van der Waals surface area contributed by atoms with Crippen LogP contribution >= 0.6 is 11.3 Å². The van der Waals surface area contributed by atoms with Gasteiger partial charge in [-0.15, -0.1) is 11.3 Å². The van der Waals surface area contributed by atoms with E-state index in [0.717, 1.165) is 23.4 Å². The van der Waals surface area contributed by atoms with Gasteiger partial charge in [-0.05, 0) is 13.8 Å². The fourth-order valence-corrected chi connectivity index (χ4v) is 2.40. The zero-order valence-electron chi connectivity index (χ0n) is 10.5. The molecule has 0 aliphatic heterocycles. The smallest absolute Gasteiger partial charge is 0.128 e. The third kappa shape index (κ3) is 3.05. The van der Waals surface area contributed by atoms with E-state index in [1.807, 2.05) is 25.4 Å². The third-order valence-electron chi connectivity index (χ3n) is 2.68. The lowest BCUT2D eigenvalue weighted by molar-refractivity contribution is 0.263. The Morgan fingerprint density at radius 3 is 2.83 bits per heavy atom. The van der Waals surface area contributed by atoms with Crippen LogP contribution < -0.4 is 4.74 Å². The van der Waals surface area contributed by atoms with Gasteiger partial charge in [-0.3, -0.25) is 4.98 Å². The molecule has 0 aliphatic carbocycles. The molecule has 0 fully saturated rings. The van der Waals surface area contributed by atoms with E-state index in [-0.39, 0.29) is 6.61 Å². The first-order valence-corrected chi connectivity index (χ1v) is 6.67. The maximum Gasteiger partial charge on any atom is 0.128 e. The van der Waals surface area contributed by atoms with Gasteiger partial charge in [0, 0.05) is 34.8 Å². The molecule has 0 saturated heterocycles. The minimum atomic E-state index is -0.0534. The number of aliphatic hydroxyl groups is 1. The monoisotopic (exact) mass is 264 g/mol. The first-order chi connectivity index (χ1) is 8.70. The summed E-state index contributed by atoms with van der Waals surface area (Å²) in [7, 11) is 0. The van der Waals surface area contributed by atoms with Crippen LogP contribution in [0.1, 0.15) is 21.8 Å². The maximum absolute atomic E-state index is 9.21. The fourth-order valence-electron chi connectivity index (χ4n) is 1.64. The van der Waals surface area contributed by atoms with Gasteiger partial charge in [0.2, 0.25) is 0 Å². The highest BCUT2D eigenvalue weighted by Gasteiger charge is 2.06. The van der Waals surface area contributed by atoms with Crippen molar-refractivity contribution in [2.24, 2.45) is 0 Å². The van der Waals surface area contributed by atoms with Crippen molar-refractivity contribution in [2.75, 3.05) is 6.61 Å². The highest BCUT2D eigenvalue weighted by Crippen LogP contribution is 2.19. The van der Waals surface area contributed by atoms with Crippen molar-refractivity contribution in [1.82, 2.24) is 9.97 Å². The lowest BCUT2D eigenvalue weighted by atomic mass is 10.2. The minimum absolute atomic E-state index is 0.0534. The fraction of sp³-hybridized carbons (Fsp3) is 0.385. The van der Waals surface area contributed by atoms with Crippen LogP contribution in [-0.4, -0.2) is 21.7 Å². The van der Waals surface area contributed by atoms with E-state index in [9.17, 15) is 5.11 Å². The quantitative estimate of drug-likeness (QED) is 0.900. The average Bonchev–Trinajstić information content (AvgIpc) is 2.76. The molecule has 0 spiro atoms. The number of hydrogen-bond donors (Lipinski definition) is 1. The molecule has 96 valence electrons. The number of ether oxygens (including phenoxy) is 1. The zero-order chi connectivity index (χ0) is 13.0. The number of rotatable bonds is 5. The third-order valence-corrected chi connectivity index (χ3v) is 3.68. The Labute approximate surface area is 110 Å². The van der Waals surface area contributed by atoms with E-state index in [0.29, 0.717) is 12.4 Å². The molecule has 2 aromatic heterocycles. The van der Waals surface area contributed by atoms with Crippen molar-refractivity contribution >= 4 is 11.3 Å². The molecule has 0 saturated carbocycles. The Morgan fingerprint density at radius 2 is 2.17 bits per heavy atom. The van der Waals surface area contributed by atoms with Crippen LogP contribution in [-0.2, 0) is 13.0 Å². The molecule has 0 radical (unpaired) electrons.